The topological polar surface area (TPSA) is 119 Å². The van der Waals surface area contributed by atoms with E-state index in [0.717, 1.165) is 22.9 Å². The molecule has 7 nitrogen and oxygen atoms in total. The number of carbonyl (C=O) groups excluding carboxylic acids is 2. The highest BCUT2D eigenvalue weighted by Gasteiger charge is 2.24. The Morgan fingerprint density at radius 1 is 1.11 bits per heavy atom. The largest absolute Gasteiger partial charge is 0.480 e. The fourth-order valence-corrected chi connectivity index (χ4v) is 3.06. The van der Waals surface area contributed by atoms with E-state index in [0.29, 0.717) is 16.4 Å². The second-order valence-electron chi connectivity index (χ2n) is 5.82. The number of imide groups is 1. The standard InChI is InChI=1S/C19H16N2O5S/c20-15(18(23)24)9-11-1-5-13(6-2-11)26-14-7-3-12(4-8-14)10-16-17(22)21-19(25)27-16/h1-8,10,15H,9,20H2,(H,23,24)(H,21,22,25)/b16-10+. The zero-order valence-corrected chi connectivity index (χ0v) is 14.9. The maximum atomic E-state index is 11.5. The van der Waals surface area contributed by atoms with Crippen molar-refractivity contribution in [1.82, 2.24) is 5.32 Å². The van der Waals surface area contributed by atoms with Crippen molar-refractivity contribution in [3.8, 4) is 11.5 Å². The molecule has 0 aromatic heterocycles. The van der Waals surface area contributed by atoms with Gasteiger partial charge in [-0.05, 0) is 59.7 Å². The minimum absolute atomic E-state index is 0.243. The number of thioether (sulfide) groups is 1. The van der Waals surface area contributed by atoms with Crippen molar-refractivity contribution in [2.24, 2.45) is 5.73 Å². The molecule has 2 aromatic carbocycles. The van der Waals surface area contributed by atoms with E-state index in [-0.39, 0.29) is 11.7 Å². The molecule has 0 radical (unpaired) electrons. The number of amides is 2. The monoisotopic (exact) mass is 384 g/mol. The average Bonchev–Trinajstić information content (AvgIpc) is 2.95. The van der Waals surface area contributed by atoms with Crippen LogP contribution in [-0.4, -0.2) is 28.3 Å². The summed E-state index contributed by atoms with van der Waals surface area (Å²) < 4.78 is 5.74. The second kappa shape index (κ2) is 8.07. The normalized spacial score (nSPS) is 16.3. The highest BCUT2D eigenvalue weighted by Crippen LogP contribution is 2.27. The third kappa shape index (κ3) is 4.96. The van der Waals surface area contributed by atoms with Gasteiger partial charge >= 0.3 is 5.97 Å². The number of carbonyl (C=O) groups is 3. The first-order valence-corrected chi connectivity index (χ1v) is 8.82. The van der Waals surface area contributed by atoms with Crippen LogP contribution in [0.4, 0.5) is 4.79 Å². The molecule has 2 amide bonds. The van der Waals surface area contributed by atoms with E-state index >= 15 is 0 Å². The van der Waals surface area contributed by atoms with Gasteiger partial charge in [0.25, 0.3) is 11.1 Å². The Bertz CT molecular complexity index is 907. The van der Waals surface area contributed by atoms with E-state index in [2.05, 4.69) is 5.32 Å². The van der Waals surface area contributed by atoms with Gasteiger partial charge in [-0.15, -0.1) is 0 Å². The summed E-state index contributed by atoms with van der Waals surface area (Å²) in [5.41, 5.74) is 7.10. The number of nitrogens with two attached hydrogens (primary N) is 1. The molecular weight excluding hydrogens is 368 g/mol. The molecule has 1 heterocycles. The molecule has 3 rings (SSSR count). The smallest absolute Gasteiger partial charge is 0.320 e. The Morgan fingerprint density at radius 2 is 1.70 bits per heavy atom. The molecule has 4 N–H and O–H groups in total. The number of rotatable bonds is 6. The molecule has 1 aliphatic heterocycles. The molecule has 1 unspecified atom stereocenters. The van der Waals surface area contributed by atoms with Crippen molar-refractivity contribution in [1.29, 1.82) is 0 Å². The summed E-state index contributed by atoms with van der Waals surface area (Å²) in [6, 6.07) is 13.1. The number of carboxylic acid groups (broad SMARTS) is 1. The fraction of sp³-hybridized carbons (Fsp3) is 0.105. The number of hydrogen-bond acceptors (Lipinski definition) is 6. The Kier molecular flexibility index (Phi) is 5.58. The van der Waals surface area contributed by atoms with E-state index in [1.807, 2.05) is 0 Å². The highest BCUT2D eigenvalue weighted by molar-refractivity contribution is 8.18. The van der Waals surface area contributed by atoms with E-state index in [1.54, 1.807) is 54.6 Å². The number of ether oxygens (including phenoxy) is 1. The molecule has 1 aliphatic rings. The minimum atomic E-state index is -1.04. The summed E-state index contributed by atoms with van der Waals surface area (Å²) in [5, 5.41) is 10.7. The van der Waals surface area contributed by atoms with Crippen LogP contribution in [0, 0.1) is 0 Å². The quantitative estimate of drug-likeness (QED) is 0.655. The van der Waals surface area contributed by atoms with Gasteiger partial charge in [-0.3, -0.25) is 19.7 Å². The van der Waals surface area contributed by atoms with Crippen molar-refractivity contribution in [3.05, 3.63) is 64.6 Å². The van der Waals surface area contributed by atoms with Crippen molar-refractivity contribution < 1.29 is 24.2 Å². The summed E-state index contributed by atoms with van der Waals surface area (Å²) >= 11 is 0.867. The number of benzene rings is 2. The molecule has 1 saturated heterocycles. The zero-order valence-electron chi connectivity index (χ0n) is 14.0. The molecule has 0 bridgehead atoms. The summed E-state index contributed by atoms with van der Waals surface area (Å²) in [4.78, 5) is 33.8. The van der Waals surface area contributed by atoms with E-state index in [1.165, 1.54) is 0 Å². The Hall–Kier alpha value is -3.10. The lowest BCUT2D eigenvalue weighted by Crippen LogP contribution is -2.32. The zero-order chi connectivity index (χ0) is 19.4. The SMILES string of the molecule is NC(Cc1ccc(Oc2ccc(/C=C3/SC(=O)NC3=O)cc2)cc1)C(=O)O. The lowest BCUT2D eigenvalue weighted by atomic mass is 10.1. The van der Waals surface area contributed by atoms with Crippen LogP contribution in [0.2, 0.25) is 0 Å². The summed E-state index contributed by atoms with van der Waals surface area (Å²) in [5.74, 6) is -0.229. The van der Waals surface area contributed by atoms with E-state index in [4.69, 9.17) is 15.6 Å². The lowest BCUT2D eigenvalue weighted by molar-refractivity contribution is -0.138. The fourth-order valence-electron chi connectivity index (χ4n) is 2.38. The van der Waals surface area contributed by atoms with Crippen LogP contribution in [-0.2, 0) is 16.0 Å². The van der Waals surface area contributed by atoms with Gasteiger partial charge in [-0.2, -0.15) is 0 Å². The molecule has 2 aromatic rings. The first-order chi connectivity index (χ1) is 12.9. The van der Waals surface area contributed by atoms with Gasteiger partial charge in [-0.1, -0.05) is 24.3 Å². The van der Waals surface area contributed by atoms with Gasteiger partial charge in [0.2, 0.25) is 0 Å². The van der Waals surface area contributed by atoms with E-state index in [9.17, 15) is 14.4 Å². The number of carboxylic acids is 1. The van der Waals surface area contributed by atoms with Gasteiger partial charge < -0.3 is 15.6 Å². The van der Waals surface area contributed by atoms with Crippen molar-refractivity contribution >= 4 is 35.0 Å². The number of hydrogen-bond donors (Lipinski definition) is 3. The second-order valence-corrected chi connectivity index (χ2v) is 6.83. The molecule has 138 valence electrons. The summed E-state index contributed by atoms with van der Waals surface area (Å²) in [6.07, 6.45) is 1.88. The molecule has 0 spiro atoms. The minimum Gasteiger partial charge on any atom is -0.480 e. The maximum Gasteiger partial charge on any atom is 0.320 e. The molecule has 1 atom stereocenters. The maximum absolute atomic E-state index is 11.5. The number of aliphatic carboxylic acids is 1. The van der Waals surface area contributed by atoms with Crippen LogP contribution < -0.4 is 15.8 Å². The third-order valence-corrected chi connectivity index (χ3v) is 4.56. The van der Waals surface area contributed by atoms with Gasteiger partial charge in [-0.25, -0.2) is 0 Å². The first kappa shape index (κ1) is 18.7. The highest BCUT2D eigenvalue weighted by atomic mass is 32.2. The van der Waals surface area contributed by atoms with E-state index < -0.39 is 17.9 Å². The van der Waals surface area contributed by atoms with Crippen molar-refractivity contribution in [2.75, 3.05) is 0 Å². The van der Waals surface area contributed by atoms with Gasteiger partial charge in [0.1, 0.15) is 17.5 Å². The van der Waals surface area contributed by atoms with Crippen LogP contribution in [0.3, 0.4) is 0 Å². The van der Waals surface area contributed by atoms with Crippen LogP contribution in [0.15, 0.2) is 53.4 Å². The molecule has 27 heavy (non-hydrogen) atoms. The Balaban J connectivity index is 1.63. The van der Waals surface area contributed by atoms with Crippen molar-refractivity contribution in [2.45, 2.75) is 12.5 Å². The first-order valence-electron chi connectivity index (χ1n) is 8.01. The van der Waals surface area contributed by atoms with Crippen molar-refractivity contribution in [3.63, 3.8) is 0 Å². The molecule has 0 saturated carbocycles. The Labute approximate surface area is 159 Å². The molecule has 0 aliphatic carbocycles. The summed E-state index contributed by atoms with van der Waals surface area (Å²) in [6.45, 7) is 0. The molecular formula is C19H16N2O5S. The lowest BCUT2D eigenvalue weighted by Gasteiger charge is -2.09. The molecule has 1 fully saturated rings. The average molecular weight is 384 g/mol. The van der Waals surface area contributed by atoms with Gasteiger partial charge in [0.15, 0.2) is 0 Å². The van der Waals surface area contributed by atoms with Gasteiger partial charge in [0.05, 0.1) is 4.91 Å². The van der Waals surface area contributed by atoms with Crippen LogP contribution >= 0.6 is 11.8 Å². The Morgan fingerprint density at radius 3 is 2.22 bits per heavy atom. The van der Waals surface area contributed by atoms with Crippen LogP contribution in [0.1, 0.15) is 11.1 Å². The number of nitrogens with one attached hydrogen (secondary N) is 1. The third-order valence-electron chi connectivity index (χ3n) is 3.75. The van der Waals surface area contributed by atoms with Crippen LogP contribution in [0.5, 0.6) is 11.5 Å². The predicted octanol–water partition coefficient (Wildman–Crippen LogP) is 2.76. The summed E-state index contributed by atoms with van der Waals surface area (Å²) in [7, 11) is 0. The predicted molar refractivity (Wildman–Crippen MR) is 101 cm³/mol. The molecule has 8 heteroatoms. The van der Waals surface area contributed by atoms with Gasteiger partial charge in [0, 0.05) is 0 Å². The van der Waals surface area contributed by atoms with Crippen LogP contribution in [0.25, 0.3) is 6.08 Å².